The third kappa shape index (κ3) is 4.07. The maximum atomic E-state index is 10.8. The second-order valence-electron chi connectivity index (χ2n) is 6.61. The molecule has 0 saturated carbocycles. The number of aliphatic imine (C=N–C) groups is 1. The molecule has 0 aromatic heterocycles. The van der Waals surface area contributed by atoms with Crippen LogP contribution >= 0.6 is 23.4 Å². The van der Waals surface area contributed by atoms with E-state index in [0.717, 1.165) is 21.9 Å². The fraction of sp³-hybridized carbons (Fsp3) is 0.174. The summed E-state index contributed by atoms with van der Waals surface area (Å²) in [6.45, 7) is 0. The molecule has 0 aliphatic carbocycles. The molecule has 4 rings (SSSR count). The molecule has 0 amide bonds. The SMILES string of the molecule is COc1cc(O)c(C2=Nc3ccccc3SC(c3ccc(Cl)cc3)C2)c(OC)c1. The monoisotopic (exact) mass is 425 g/mol. The van der Waals surface area contributed by atoms with Crippen molar-refractivity contribution in [3.8, 4) is 17.2 Å². The van der Waals surface area contributed by atoms with E-state index < -0.39 is 0 Å². The molecule has 0 spiro atoms. The molecule has 0 bridgehead atoms. The molecule has 4 nitrogen and oxygen atoms in total. The maximum absolute atomic E-state index is 10.8. The highest BCUT2D eigenvalue weighted by Crippen LogP contribution is 2.47. The van der Waals surface area contributed by atoms with Crippen LogP contribution < -0.4 is 9.47 Å². The minimum absolute atomic E-state index is 0.0826. The van der Waals surface area contributed by atoms with E-state index >= 15 is 0 Å². The molecular weight excluding hydrogens is 406 g/mol. The Bertz CT molecular complexity index is 1070. The standard InChI is InChI=1S/C23H20ClNO3S/c1-27-16-11-19(26)23(20(12-16)28-2)18-13-22(14-7-9-15(24)10-8-14)29-21-6-4-3-5-17(21)25-18/h3-12,22,26H,13H2,1-2H3. The summed E-state index contributed by atoms with van der Waals surface area (Å²) in [7, 11) is 3.13. The van der Waals surface area contributed by atoms with Gasteiger partial charge in [-0.25, -0.2) is 0 Å². The number of hydrogen-bond acceptors (Lipinski definition) is 5. The first kappa shape index (κ1) is 19.7. The summed E-state index contributed by atoms with van der Waals surface area (Å²) in [5, 5.41) is 11.6. The van der Waals surface area contributed by atoms with Gasteiger partial charge in [-0.2, -0.15) is 0 Å². The summed E-state index contributed by atoms with van der Waals surface area (Å²) in [6, 6.07) is 19.3. The summed E-state index contributed by atoms with van der Waals surface area (Å²) in [6.07, 6.45) is 0.622. The van der Waals surface area contributed by atoms with Gasteiger partial charge < -0.3 is 14.6 Å². The Hall–Kier alpha value is -2.63. The van der Waals surface area contributed by atoms with Crippen molar-refractivity contribution in [3.05, 3.63) is 76.8 Å². The lowest BCUT2D eigenvalue weighted by molar-refractivity contribution is 0.384. The zero-order chi connectivity index (χ0) is 20.4. The van der Waals surface area contributed by atoms with Gasteiger partial charge in [-0.05, 0) is 29.8 Å². The van der Waals surface area contributed by atoms with Crippen molar-refractivity contribution in [2.45, 2.75) is 16.6 Å². The number of phenols is 1. The number of benzene rings is 3. The summed E-state index contributed by atoms with van der Waals surface area (Å²) >= 11 is 7.84. The highest BCUT2D eigenvalue weighted by Gasteiger charge is 2.26. The normalized spacial score (nSPS) is 15.8. The zero-order valence-electron chi connectivity index (χ0n) is 16.1. The first-order valence-electron chi connectivity index (χ1n) is 9.13. The quantitative estimate of drug-likeness (QED) is 0.524. The topological polar surface area (TPSA) is 51.0 Å². The number of phenolic OH excluding ortho intramolecular Hbond substituents is 1. The molecule has 1 aliphatic rings. The van der Waals surface area contributed by atoms with Crippen molar-refractivity contribution in [1.82, 2.24) is 0 Å². The number of thioether (sulfide) groups is 1. The molecule has 1 N–H and O–H groups in total. The van der Waals surface area contributed by atoms with E-state index in [0.29, 0.717) is 28.5 Å². The second kappa shape index (κ2) is 8.39. The van der Waals surface area contributed by atoms with Crippen LogP contribution in [0.1, 0.15) is 22.8 Å². The Labute approximate surface area is 179 Å². The first-order valence-corrected chi connectivity index (χ1v) is 10.4. The van der Waals surface area contributed by atoms with E-state index in [1.807, 2.05) is 42.5 Å². The van der Waals surface area contributed by atoms with Crippen molar-refractivity contribution >= 4 is 34.8 Å². The predicted molar refractivity (Wildman–Crippen MR) is 119 cm³/mol. The summed E-state index contributed by atoms with van der Waals surface area (Å²) in [5.74, 6) is 1.14. The molecule has 3 aromatic carbocycles. The number of rotatable bonds is 4. The van der Waals surface area contributed by atoms with Gasteiger partial charge in [0.1, 0.15) is 17.2 Å². The smallest absolute Gasteiger partial charge is 0.135 e. The minimum Gasteiger partial charge on any atom is -0.507 e. The molecular formula is C23H20ClNO3S. The second-order valence-corrected chi connectivity index (χ2v) is 8.29. The van der Waals surface area contributed by atoms with Crippen molar-refractivity contribution in [2.24, 2.45) is 4.99 Å². The Kier molecular flexibility index (Phi) is 5.69. The molecule has 1 atom stereocenters. The zero-order valence-corrected chi connectivity index (χ0v) is 17.6. The molecule has 6 heteroatoms. The number of fused-ring (bicyclic) bond motifs is 1. The van der Waals surface area contributed by atoms with Crippen LogP contribution in [0.4, 0.5) is 5.69 Å². The van der Waals surface area contributed by atoms with Crippen molar-refractivity contribution < 1.29 is 14.6 Å². The Morgan fingerprint density at radius 1 is 1.03 bits per heavy atom. The van der Waals surface area contributed by atoms with Crippen LogP contribution in [0, 0.1) is 0 Å². The first-order chi connectivity index (χ1) is 14.1. The summed E-state index contributed by atoms with van der Waals surface area (Å²) in [5.41, 5.74) is 3.38. The number of nitrogens with zero attached hydrogens (tertiary/aromatic N) is 1. The van der Waals surface area contributed by atoms with E-state index in [9.17, 15) is 5.11 Å². The molecule has 3 aromatic rings. The van der Waals surface area contributed by atoms with Crippen molar-refractivity contribution in [1.29, 1.82) is 0 Å². The Morgan fingerprint density at radius 2 is 1.79 bits per heavy atom. The fourth-order valence-corrected chi connectivity index (χ4v) is 4.74. The van der Waals surface area contributed by atoms with E-state index in [4.69, 9.17) is 26.1 Å². The van der Waals surface area contributed by atoms with Gasteiger partial charge in [-0.15, -0.1) is 11.8 Å². The predicted octanol–water partition coefficient (Wildman–Crippen LogP) is 6.42. The van der Waals surface area contributed by atoms with Gasteiger partial charge in [0.25, 0.3) is 0 Å². The van der Waals surface area contributed by atoms with Gasteiger partial charge >= 0.3 is 0 Å². The Balaban J connectivity index is 1.86. The number of para-hydroxylation sites is 1. The highest BCUT2D eigenvalue weighted by molar-refractivity contribution is 7.99. The van der Waals surface area contributed by atoms with Crippen LogP contribution in [-0.4, -0.2) is 25.0 Å². The summed E-state index contributed by atoms with van der Waals surface area (Å²) in [4.78, 5) is 6.01. The lowest BCUT2D eigenvalue weighted by Crippen LogP contribution is -2.08. The van der Waals surface area contributed by atoms with Crippen LogP contribution in [-0.2, 0) is 0 Å². The van der Waals surface area contributed by atoms with Gasteiger partial charge in [0.05, 0.1) is 31.2 Å². The number of methoxy groups -OCH3 is 2. The van der Waals surface area contributed by atoms with Gasteiger partial charge in [-0.3, -0.25) is 4.99 Å². The lowest BCUT2D eigenvalue weighted by Gasteiger charge is -2.18. The van der Waals surface area contributed by atoms with E-state index in [1.54, 1.807) is 38.1 Å². The van der Waals surface area contributed by atoms with Crippen LogP contribution in [0.2, 0.25) is 5.02 Å². The highest BCUT2D eigenvalue weighted by atomic mass is 35.5. The average molecular weight is 426 g/mol. The van der Waals surface area contributed by atoms with E-state index in [-0.39, 0.29) is 11.0 Å². The molecule has 29 heavy (non-hydrogen) atoms. The van der Waals surface area contributed by atoms with Crippen LogP contribution in [0.15, 0.2) is 70.6 Å². The van der Waals surface area contributed by atoms with E-state index in [2.05, 4.69) is 6.07 Å². The lowest BCUT2D eigenvalue weighted by atomic mass is 9.99. The molecule has 1 aliphatic heterocycles. The third-order valence-corrected chi connectivity index (χ3v) is 6.38. The van der Waals surface area contributed by atoms with Crippen LogP contribution in [0.5, 0.6) is 17.2 Å². The molecule has 1 unspecified atom stereocenters. The maximum Gasteiger partial charge on any atom is 0.135 e. The van der Waals surface area contributed by atoms with Gasteiger partial charge in [0.2, 0.25) is 0 Å². The molecule has 0 radical (unpaired) electrons. The van der Waals surface area contributed by atoms with Crippen LogP contribution in [0.3, 0.4) is 0 Å². The number of ether oxygens (including phenoxy) is 2. The number of hydrogen-bond donors (Lipinski definition) is 1. The number of halogens is 1. The van der Waals surface area contributed by atoms with Gasteiger partial charge in [0.15, 0.2) is 0 Å². The largest absolute Gasteiger partial charge is 0.507 e. The molecule has 0 fully saturated rings. The van der Waals surface area contributed by atoms with Crippen molar-refractivity contribution in [3.63, 3.8) is 0 Å². The molecule has 1 heterocycles. The fourth-order valence-electron chi connectivity index (χ4n) is 3.38. The van der Waals surface area contributed by atoms with E-state index in [1.165, 1.54) is 0 Å². The molecule has 0 saturated heterocycles. The summed E-state index contributed by atoms with van der Waals surface area (Å²) < 4.78 is 10.8. The minimum atomic E-state index is 0.0826. The third-order valence-electron chi connectivity index (χ3n) is 4.81. The average Bonchev–Trinajstić information content (AvgIpc) is 2.93. The molecule has 148 valence electrons. The number of aromatic hydroxyl groups is 1. The Morgan fingerprint density at radius 3 is 2.52 bits per heavy atom. The van der Waals surface area contributed by atoms with Gasteiger partial charge in [0, 0.05) is 33.7 Å². The van der Waals surface area contributed by atoms with Crippen molar-refractivity contribution in [2.75, 3.05) is 14.2 Å². The van der Waals surface area contributed by atoms with Gasteiger partial charge in [-0.1, -0.05) is 35.9 Å². The van der Waals surface area contributed by atoms with Crippen LogP contribution in [0.25, 0.3) is 0 Å².